The highest BCUT2D eigenvalue weighted by molar-refractivity contribution is 7.10. The lowest BCUT2D eigenvalue weighted by Crippen LogP contribution is -2.39. The molecule has 23 heavy (non-hydrogen) atoms. The zero-order valence-electron chi connectivity index (χ0n) is 14.0. The molecule has 1 fully saturated rings. The minimum Gasteiger partial charge on any atom is -0.320 e. The molecule has 0 radical (unpaired) electrons. The smallest absolute Gasteiger partial charge is 0.0336 e. The average molecular weight is 350 g/mol. The van der Waals surface area contributed by atoms with Crippen LogP contribution in [0.15, 0.2) is 47.8 Å². The van der Waals surface area contributed by atoms with Crippen LogP contribution in [0.2, 0.25) is 0 Å². The summed E-state index contributed by atoms with van der Waals surface area (Å²) in [4.78, 5) is 1.56. The summed E-state index contributed by atoms with van der Waals surface area (Å²) in [6.45, 7) is 1.07. The monoisotopic (exact) mass is 349 g/mol. The molecule has 126 valence electrons. The molecule has 0 amide bonds. The third-order valence-corrected chi connectivity index (χ3v) is 6.37. The third kappa shape index (κ3) is 3.81. The van der Waals surface area contributed by atoms with E-state index in [0.29, 0.717) is 0 Å². The Kier molecular flexibility index (Phi) is 7.13. The van der Waals surface area contributed by atoms with E-state index < -0.39 is 0 Å². The first kappa shape index (κ1) is 18.5. The number of benzene rings is 1. The number of hydrogen-bond acceptors (Lipinski definition) is 2. The van der Waals surface area contributed by atoms with Crippen molar-refractivity contribution in [3.8, 4) is 0 Å². The Bertz CT molecular complexity index is 548. The lowest BCUT2D eigenvalue weighted by atomic mass is 9.62. The second-order valence-corrected chi connectivity index (χ2v) is 7.45. The van der Waals surface area contributed by atoms with Crippen LogP contribution in [-0.4, -0.2) is 13.6 Å². The maximum absolute atomic E-state index is 3.40. The molecule has 1 aromatic carbocycles. The highest BCUT2D eigenvalue weighted by Crippen LogP contribution is 2.49. The predicted molar refractivity (Wildman–Crippen MR) is 104 cm³/mol. The van der Waals surface area contributed by atoms with Gasteiger partial charge in [0.25, 0.3) is 0 Å². The summed E-state index contributed by atoms with van der Waals surface area (Å²) in [7, 11) is 2.07. The van der Waals surface area contributed by atoms with Crippen molar-refractivity contribution in [2.75, 3.05) is 13.6 Å². The first-order valence-corrected chi connectivity index (χ1v) is 9.50. The number of nitrogens with one attached hydrogen (secondary N) is 1. The molecule has 0 bridgehead atoms. The molecule has 3 heteroatoms. The maximum Gasteiger partial charge on any atom is 0.0336 e. The van der Waals surface area contributed by atoms with Gasteiger partial charge in [0.15, 0.2) is 0 Å². The Hall–Kier alpha value is -0.830. The normalized spacial score (nSPS) is 18.1. The first-order chi connectivity index (χ1) is 10.9. The molecule has 2 aromatic rings. The number of rotatable bonds is 6. The number of halogens is 1. The number of thiophene rings is 1. The molecule has 1 aromatic heterocycles. The van der Waals surface area contributed by atoms with E-state index in [0.717, 1.165) is 12.5 Å². The maximum atomic E-state index is 3.40. The Morgan fingerprint density at radius 3 is 2.39 bits per heavy atom. The summed E-state index contributed by atoms with van der Waals surface area (Å²) >= 11 is 1.94. The molecule has 3 rings (SSSR count). The van der Waals surface area contributed by atoms with Gasteiger partial charge in [-0.15, -0.1) is 23.7 Å². The van der Waals surface area contributed by atoms with E-state index in [-0.39, 0.29) is 17.8 Å². The predicted octanol–water partition coefficient (Wildman–Crippen LogP) is 5.65. The fourth-order valence-electron chi connectivity index (χ4n) is 4.24. The number of hydrogen-bond donors (Lipinski definition) is 1. The average Bonchev–Trinajstić information content (AvgIpc) is 3.13. The molecular formula is C20H28ClNS. The van der Waals surface area contributed by atoms with Crippen LogP contribution >= 0.6 is 23.7 Å². The third-order valence-electron chi connectivity index (χ3n) is 5.32. The van der Waals surface area contributed by atoms with Gasteiger partial charge in [-0.25, -0.2) is 0 Å². The van der Waals surface area contributed by atoms with Gasteiger partial charge in [-0.05, 0) is 55.8 Å². The quantitative estimate of drug-likeness (QED) is 0.710. The fourth-order valence-corrected chi connectivity index (χ4v) is 5.29. The van der Waals surface area contributed by atoms with Crippen LogP contribution in [0.1, 0.15) is 49.0 Å². The van der Waals surface area contributed by atoms with Gasteiger partial charge in [0.1, 0.15) is 0 Å². The Morgan fingerprint density at radius 1 is 1.04 bits per heavy atom. The minimum atomic E-state index is 0. The van der Waals surface area contributed by atoms with E-state index in [4.69, 9.17) is 0 Å². The van der Waals surface area contributed by atoms with Crippen molar-refractivity contribution in [1.82, 2.24) is 5.32 Å². The van der Waals surface area contributed by atoms with Crippen molar-refractivity contribution in [3.05, 3.63) is 58.3 Å². The van der Waals surface area contributed by atoms with Gasteiger partial charge in [0, 0.05) is 10.3 Å². The summed E-state index contributed by atoms with van der Waals surface area (Å²) < 4.78 is 0. The molecule has 1 atom stereocenters. The van der Waals surface area contributed by atoms with Gasteiger partial charge in [0.2, 0.25) is 0 Å². The lowest BCUT2D eigenvalue weighted by molar-refractivity contribution is 0.228. The van der Waals surface area contributed by atoms with E-state index in [1.807, 2.05) is 11.3 Å². The summed E-state index contributed by atoms with van der Waals surface area (Å²) in [5, 5.41) is 5.64. The molecular weight excluding hydrogens is 322 g/mol. The van der Waals surface area contributed by atoms with Crippen molar-refractivity contribution in [1.29, 1.82) is 0 Å². The van der Waals surface area contributed by atoms with E-state index in [1.165, 1.54) is 44.1 Å². The van der Waals surface area contributed by atoms with Crippen molar-refractivity contribution in [3.63, 3.8) is 0 Å². The van der Waals surface area contributed by atoms with Crippen LogP contribution in [0.4, 0.5) is 0 Å². The van der Waals surface area contributed by atoms with Crippen LogP contribution in [0.25, 0.3) is 0 Å². The van der Waals surface area contributed by atoms with Crippen molar-refractivity contribution < 1.29 is 0 Å². The lowest BCUT2D eigenvalue weighted by Gasteiger charge is -2.43. The highest BCUT2D eigenvalue weighted by atomic mass is 35.5. The van der Waals surface area contributed by atoms with Crippen molar-refractivity contribution >= 4 is 23.7 Å². The zero-order chi connectivity index (χ0) is 15.3. The van der Waals surface area contributed by atoms with Gasteiger partial charge in [0.05, 0.1) is 0 Å². The molecule has 1 saturated carbocycles. The van der Waals surface area contributed by atoms with Gasteiger partial charge in [-0.1, -0.05) is 55.7 Å². The summed E-state index contributed by atoms with van der Waals surface area (Å²) in [5.41, 5.74) is 1.71. The van der Waals surface area contributed by atoms with Crippen LogP contribution < -0.4 is 5.32 Å². The van der Waals surface area contributed by atoms with Gasteiger partial charge in [-0.3, -0.25) is 0 Å². The standard InChI is InChI=1S/C20H27NS.ClH/c1-21-15-14-20(19-13-8-16-22-19,17-9-4-2-5-10-17)18-11-6-3-7-12-18;/h2,4-5,8-10,13,16,18,21H,3,6-7,11-12,14-15H2,1H3;1H. The van der Waals surface area contributed by atoms with E-state index in [9.17, 15) is 0 Å². The molecule has 1 nitrogen and oxygen atoms in total. The van der Waals surface area contributed by atoms with Crippen LogP contribution in [0, 0.1) is 5.92 Å². The molecule has 1 N–H and O–H groups in total. The van der Waals surface area contributed by atoms with E-state index >= 15 is 0 Å². The largest absolute Gasteiger partial charge is 0.320 e. The topological polar surface area (TPSA) is 12.0 Å². The molecule has 1 aliphatic carbocycles. The molecule has 1 unspecified atom stereocenters. The van der Waals surface area contributed by atoms with Crippen molar-refractivity contribution in [2.24, 2.45) is 5.92 Å². The molecule has 0 aliphatic heterocycles. The van der Waals surface area contributed by atoms with Crippen molar-refractivity contribution in [2.45, 2.75) is 43.9 Å². The zero-order valence-corrected chi connectivity index (χ0v) is 15.6. The summed E-state index contributed by atoms with van der Waals surface area (Å²) in [5.74, 6) is 0.774. The van der Waals surface area contributed by atoms with Gasteiger partial charge < -0.3 is 5.32 Å². The minimum absolute atomic E-state index is 0. The summed E-state index contributed by atoms with van der Waals surface area (Å²) in [6.07, 6.45) is 8.14. The molecule has 0 spiro atoms. The summed E-state index contributed by atoms with van der Waals surface area (Å²) in [6, 6.07) is 15.8. The molecule has 0 saturated heterocycles. The Morgan fingerprint density at radius 2 is 1.78 bits per heavy atom. The second-order valence-electron chi connectivity index (χ2n) is 6.50. The SMILES string of the molecule is CNCCC(c1ccccc1)(c1cccs1)C1CCCCC1.Cl. The Balaban J connectivity index is 0.00000192. The van der Waals surface area contributed by atoms with Gasteiger partial charge >= 0.3 is 0 Å². The Labute approximate surface area is 150 Å². The van der Waals surface area contributed by atoms with Gasteiger partial charge in [-0.2, -0.15) is 0 Å². The van der Waals surface area contributed by atoms with Crippen LogP contribution in [0.3, 0.4) is 0 Å². The van der Waals surface area contributed by atoms with E-state index in [2.05, 4.69) is 60.2 Å². The molecule has 1 aliphatic rings. The fraction of sp³-hybridized carbons (Fsp3) is 0.500. The van der Waals surface area contributed by atoms with Crippen LogP contribution in [-0.2, 0) is 5.41 Å². The first-order valence-electron chi connectivity index (χ1n) is 8.62. The van der Waals surface area contributed by atoms with E-state index in [1.54, 1.807) is 4.88 Å². The van der Waals surface area contributed by atoms with Crippen LogP contribution in [0.5, 0.6) is 0 Å². The second kappa shape index (κ2) is 8.86. The highest BCUT2D eigenvalue weighted by Gasteiger charge is 2.42. The molecule has 1 heterocycles.